The quantitative estimate of drug-likeness (QED) is 0.691. The highest BCUT2D eigenvalue weighted by Crippen LogP contribution is 2.30. The number of nitriles is 1. The fourth-order valence-electron chi connectivity index (χ4n) is 3.77. The largest absolute Gasteiger partial charge is 0.477 e. The fourth-order valence-corrected chi connectivity index (χ4v) is 3.77. The predicted molar refractivity (Wildman–Crippen MR) is 109 cm³/mol. The number of ether oxygens (including phenoxy) is 2. The van der Waals surface area contributed by atoms with Crippen LogP contribution in [0.2, 0.25) is 0 Å². The van der Waals surface area contributed by atoms with Crippen molar-refractivity contribution in [3.8, 4) is 11.9 Å². The van der Waals surface area contributed by atoms with E-state index in [-0.39, 0.29) is 24.2 Å². The second kappa shape index (κ2) is 9.71. The summed E-state index contributed by atoms with van der Waals surface area (Å²) in [5.41, 5.74) is 1.54. The Balaban J connectivity index is 0.00000272. The maximum atomic E-state index is 12.8. The Morgan fingerprint density at radius 2 is 2.00 bits per heavy atom. The minimum atomic E-state index is -4.49. The minimum absolute atomic E-state index is 0. The number of fused-ring (bicyclic) bond motifs is 1. The molecule has 1 saturated heterocycles. The zero-order valence-electron chi connectivity index (χ0n) is 16.7. The van der Waals surface area contributed by atoms with E-state index in [1.807, 2.05) is 6.07 Å². The van der Waals surface area contributed by atoms with Gasteiger partial charge in [-0.2, -0.15) is 18.4 Å². The highest BCUT2D eigenvalue weighted by molar-refractivity contribution is 5.85. The van der Waals surface area contributed by atoms with E-state index in [2.05, 4.69) is 16.0 Å². The third-order valence-electron chi connectivity index (χ3n) is 5.43. The van der Waals surface area contributed by atoms with Crippen LogP contribution in [0.5, 0.6) is 5.88 Å². The van der Waals surface area contributed by atoms with Gasteiger partial charge in [0.2, 0.25) is 5.88 Å². The summed E-state index contributed by atoms with van der Waals surface area (Å²) in [6, 6.07) is 7.76. The summed E-state index contributed by atoms with van der Waals surface area (Å²) in [6.07, 6.45) is -2.16. The summed E-state index contributed by atoms with van der Waals surface area (Å²) in [5.74, 6) is 0.892. The molecule has 10 heteroatoms. The molecular weight excluding hydrogens is 433 g/mol. The third-order valence-corrected chi connectivity index (χ3v) is 5.43. The molecule has 6 nitrogen and oxygen atoms in total. The van der Waals surface area contributed by atoms with Crippen molar-refractivity contribution in [2.24, 2.45) is 5.92 Å². The summed E-state index contributed by atoms with van der Waals surface area (Å²) < 4.78 is 49.3. The molecule has 0 N–H and O–H groups in total. The zero-order valence-corrected chi connectivity index (χ0v) is 17.5. The molecule has 0 unspecified atom stereocenters. The van der Waals surface area contributed by atoms with Crippen molar-refractivity contribution in [2.75, 3.05) is 31.2 Å². The van der Waals surface area contributed by atoms with Crippen molar-refractivity contribution in [1.82, 2.24) is 9.97 Å². The van der Waals surface area contributed by atoms with Crippen LogP contribution in [0.3, 0.4) is 0 Å². The summed E-state index contributed by atoms with van der Waals surface area (Å²) in [4.78, 5) is 10.4. The van der Waals surface area contributed by atoms with Crippen LogP contribution in [-0.2, 0) is 23.9 Å². The molecule has 2 aromatic rings. The van der Waals surface area contributed by atoms with Crippen LogP contribution in [0.15, 0.2) is 24.3 Å². The molecule has 2 aliphatic heterocycles. The highest BCUT2D eigenvalue weighted by atomic mass is 35.5. The lowest BCUT2D eigenvalue weighted by Gasteiger charge is -2.33. The van der Waals surface area contributed by atoms with E-state index >= 15 is 0 Å². The molecule has 31 heavy (non-hydrogen) atoms. The van der Waals surface area contributed by atoms with Gasteiger partial charge in [0.15, 0.2) is 0 Å². The molecule has 166 valence electrons. The average Bonchev–Trinajstić information content (AvgIpc) is 2.77. The van der Waals surface area contributed by atoms with E-state index in [4.69, 9.17) is 14.5 Å². The Bertz CT molecular complexity index is 957. The molecule has 0 aromatic carbocycles. The fraction of sp³-hybridized carbons (Fsp3) is 0.476. The van der Waals surface area contributed by atoms with Crippen LogP contribution in [0.4, 0.5) is 19.0 Å². The lowest BCUT2D eigenvalue weighted by atomic mass is 9.97. The van der Waals surface area contributed by atoms with Crippen molar-refractivity contribution in [2.45, 2.75) is 32.0 Å². The molecule has 1 fully saturated rings. The number of hydrogen-bond acceptors (Lipinski definition) is 6. The molecule has 4 heterocycles. The Morgan fingerprint density at radius 3 is 2.71 bits per heavy atom. The summed E-state index contributed by atoms with van der Waals surface area (Å²) in [5, 5.41) is 9.53. The normalized spacial score (nSPS) is 16.8. The van der Waals surface area contributed by atoms with E-state index in [1.54, 1.807) is 0 Å². The Kier molecular flexibility index (Phi) is 7.23. The summed E-state index contributed by atoms with van der Waals surface area (Å²) in [6.45, 7) is 2.85. The average molecular weight is 455 g/mol. The highest BCUT2D eigenvalue weighted by Gasteiger charge is 2.33. The standard InChI is InChI=1S/C21H21F3N4O2.ClH/c22-21(23,24)18-2-1-3-19(27-18)30-12-14-4-7-28(8-5-14)20-15(11-25)10-16-13-29-9-6-17(16)26-20;/h1-3,10,14H,4-9,12-13H2;1H. The third kappa shape index (κ3) is 5.38. The molecule has 2 aliphatic rings. The number of nitrogens with zero attached hydrogens (tertiary/aromatic N) is 4. The second-order valence-electron chi connectivity index (χ2n) is 7.48. The Hall–Kier alpha value is -2.57. The number of halogens is 4. The first kappa shape index (κ1) is 23.1. The first-order valence-corrected chi connectivity index (χ1v) is 9.86. The molecule has 0 aliphatic carbocycles. The van der Waals surface area contributed by atoms with Crippen LogP contribution < -0.4 is 9.64 Å². The molecule has 0 amide bonds. The van der Waals surface area contributed by atoms with E-state index in [1.165, 1.54) is 12.1 Å². The number of hydrogen-bond donors (Lipinski definition) is 0. The molecule has 4 rings (SSSR count). The van der Waals surface area contributed by atoms with Gasteiger partial charge in [-0.05, 0) is 30.9 Å². The van der Waals surface area contributed by atoms with E-state index < -0.39 is 11.9 Å². The second-order valence-corrected chi connectivity index (χ2v) is 7.48. The number of rotatable bonds is 4. The van der Waals surface area contributed by atoms with Crippen molar-refractivity contribution in [1.29, 1.82) is 5.26 Å². The topological polar surface area (TPSA) is 71.3 Å². The monoisotopic (exact) mass is 454 g/mol. The van der Waals surface area contributed by atoms with Gasteiger partial charge in [-0.25, -0.2) is 9.97 Å². The van der Waals surface area contributed by atoms with Crippen molar-refractivity contribution in [3.63, 3.8) is 0 Å². The van der Waals surface area contributed by atoms with Gasteiger partial charge in [0.25, 0.3) is 0 Å². The van der Waals surface area contributed by atoms with Crippen LogP contribution in [0.25, 0.3) is 0 Å². The molecule has 2 aromatic heterocycles. The van der Waals surface area contributed by atoms with Gasteiger partial charge in [0, 0.05) is 31.1 Å². The van der Waals surface area contributed by atoms with Gasteiger partial charge >= 0.3 is 6.18 Å². The number of aromatic nitrogens is 2. The number of anilines is 1. The van der Waals surface area contributed by atoms with Gasteiger partial charge in [-0.1, -0.05) is 6.07 Å². The number of piperidine rings is 1. The van der Waals surface area contributed by atoms with Gasteiger partial charge in [-0.15, -0.1) is 12.4 Å². The predicted octanol–water partition coefficient (Wildman–Crippen LogP) is 4.16. The number of alkyl halides is 3. The maximum Gasteiger partial charge on any atom is 0.433 e. The van der Waals surface area contributed by atoms with Crippen LogP contribution in [0.1, 0.15) is 35.4 Å². The van der Waals surface area contributed by atoms with Gasteiger partial charge in [0.05, 0.1) is 31.1 Å². The zero-order chi connectivity index (χ0) is 21.1. The molecule has 0 bridgehead atoms. The van der Waals surface area contributed by atoms with Gasteiger partial charge < -0.3 is 14.4 Å². The smallest absolute Gasteiger partial charge is 0.433 e. The molecule has 0 radical (unpaired) electrons. The Morgan fingerprint density at radius 1 is 1.23 bits per heavy atom. The van der Waals surface area contributed by atoms with Crippen LogP contribution >= 0.6 is 12.4 Å². The minimum Gasteiger partial charge on any atom is -0.477 e. The van der Waals surface area contributed by atoms with Crippen molar-refractivity contribution < 1.29 is 22.6 Å². The lowest BCUT2D eigenvalue weighted by molar-refractivity contribution is -0.141. The number of pyridine rings is 2. The molecule has 0 spiro atoms. The maximum absolute atomic E-state index is 12.8. The van der Waals surface area contributed by atoms with E-state index in [9.17, 15) is 18.4 Å². The Labute approximate surface area is 184 Å². The first-order chi connectivity index (χ1) is 14.4. The summed E-state index contributed by atoms with van der Waals surface area (Å²) >= 11 is 0. The summed E-state index contributed by atoms with van der Waals surface area (Å²) in [7, 11) is 0. The van der Waals surface area contributed by atoms with Crippen LogP contribution in [-0.4, -0.2) is 36.3 Å². The SMILES string of the molecule is Cl.N#Cc1cc2c(nc1N1CCC(COc3cccc(C(F)(F)F)n3)CC1)CCOC2. The molecule has 0 atom stereocenters. The van der Waals surface area contributed by atoms with E-state index in [0.717, 1.165) is 36.6 Å². The van der Waals surface area contributed by atoms with Crippen molar-refractivity contribution >= 4 is 18.2 Å². The van der Waals surface area contributed by atoms with Crippen molar-refractivity contribution in [3.05, 3.63) is 46.8 Å². The first-order valence-electron chi connectivity index (χ1n) is 9.86. The van der Waals surface area contributed by atoms with E-state index in [0.29, 0.717) is 44.3 Å². The van der Waals surface area contributed by atoms with Gasteiger partial charge in [-0.3, -0.25) is 0 Å². The van der Waals surface area contributed by atoms with Crippen LogP contribution in [0, 0.1) is 17.2 Å². The molecule has 0 saturated carbocycles. The molecular formula is C21H22ClF3N4O2. The van der Waals surface area contributed by atoms with Gasteiger partial charge in [0.1, 0.15) is 17.6 Å². The lowest BCUT2D eigenvalue weighted by Crippen LogP contribution is -2.37.